The molecule has 21 heavy (non-hydrogen) atoms. The number of nitrogens with zero attached hydrogens (tertiary/aromatic N) is 2. The van der Waals surface area contributed by atoms with E-state index in [9.17, 15) is 9.00 Å². The lowest BCUT2D eigenvalue weighted by atomic mass is 10.3. The zero-order chi connectivity index (χ0) is 15.1. The molecule has 0 bridgehead atoms. The molecule has 0 aliphatic carbocycles. The summed E-state index contributed by atoms with van der Waals surface area (Å²) >= 11 is 0. The molecular weight excluding hydrogens is 288 g/mol. The normalized spacial score (nSPS) is 11.9. The molecule has 1 aromatic heterocycles. The highest BCUT2D eigenvalue weighted by molar-refractivity contribution is 7.84. The molecule has 7 heteroatoms. The summed E-state index contributed by atoms with van der Waals surface area (Å²) in [6.45, 7) is 1.30. The second kappa shape index (κ2) is 7.58. The molecule has 0 saturated carbocycles. The molecule has 0 fully saturated rings. The number of para-hydroxylation sites is 1. The van der Waals surface area contributed by atoms with Gasteiger partial charge in [0.15, 0.2) is 0 Å². The number of hydrogen-bond acceptors (Lipinski definition) is 3. The Kier molecular flexibility index (Phi) is 5.51. The van der Waals surface area contributed by atoms with Crippen LogP contribution >= 0.6 is 0 Å². The highest BCUT2D eigenvalue weighted by Crippen LogP contribution is 2.17. The molecule has 0 aliphatic rings. The van der Waals surface area contributed by atoms with E-state index < -0.39 is 10.8 Å². The van der Waals surface area contributed by atoms with Gasteiger partial charge in [0, 0.05) is 31.7 Å². The number of nitrogens with one attached hydrogen (secondary N) is 2. The van der Waals surface area contributed by atoms with Crippen molar-refractivity contribution in [2.75, 3.05) is 18.1 Å². The number of aromatic nitrogens is 2. The van der Waals surface area contributed by atoms with E-state index in [1.54, 1.807) is 36.7 Å². The molecule has 6 nitrogen and oxygen atoms in total. The number of carbonyl (C=O) groups is 1. The van der Waals surface area contributed by atoms with Crippen molar-refractivity contribution in [2.45, 2.75) is 17.9 Å². The van der Waals surface area contributed by atoms with E-state index in [0.29, 0.717) is 17.1 Å². The predicted molar refractivity (Wildman–Crippen MR) is 82.6 cm³/mol. The molecule has 1 aromatic carbocycles. The number of urea groups is 1. The van der Waals surface area contributed by atoms with Gasteiger partial charge >= 0.3 is 6.03 Å². The average Bonchev–Trinajstić information content (AvgIpc) is 2.97. The molecular formula is C14H18N4O2S. The first-order valence-corrected chi connectivity index (χ1v) is 8.17. The van der Waals surface area contributed by atoms with E-state index in [1.165, 1.54) is 0 Å². The quantitative estimate of drug-likeness (QED) is 0.799. The number of aryl methyl sites for hydroxylation is 1. The maximum Gasteiger partial charge on any atom is 0.319 e. The Morgan fingerprint density at radius 2 is 2.14 bits per heavy atom. The molecule has 1 atom stereocenters. The van der Waals surface area contributed by atoms with Crippen LogP contribution in [0.4, 0.5) is 10.5 Å². The van der Waals surface area contributed by atoms with E-state index >= 15 is 0 Å². The zero-order valence-electron chi connectivity index (χ0n) is 11.8. The van der Waals surface area contributed by atoms with Crippen molar-refractivity contribution >= 4 is 22.5 Å². The molecule has 2 N–H and O–H groups in total. The number of anilines is 1. The second-order valence-corrected chi connectivity index (χ2v) is 5.80. The van der Waals surface area contributed by atoms with E-state index in [1.807, 2.05) is 16.9 Å². The first kappa shape index (κ1) is 15.2. The van der Waals surface area contributed by atoms with Crippen LogP contribution in [-0.4, -0.2) is 32.8 Å². The lowest BCUT2D eigenvalue weighted by molar-refractivity contribution is 0.251. The van der Waals surface area contributed by atoms with Crippen molar-refractivity contribution in [1.82, 2.24) is 15.1 Å². The summed E-state index contributed by atoms with van der Waals surface area (Å²) < 4.78 is 13.4. The topological polar surface area (TPSA) is 76.0 Å². The lowest BCUT2D eigenvalue weighted by Gasteiger charge is -2.10. The molecule has 2 aromatic rings. The van der Waals surface area contributed by atoms with E-state index in [4.69, 9.17) is 0 Å². The lowest BCUT2D eigenvalue weighted by Crippen LogP contribution is -2.30. The van der Waals surface area contributed by atoms with Crippen LogP contribution in [0.2, 0.25) is 0 Å². The standard InChI is InChI=1S/C14H18N4O2S/c1-21(20)13-7-3-2-6-12(13)17-14(19)15-8-4-10-18-11-5-9-16-18/h2-3,5-7,9,11H,4,8,10H2,1H3,(H2,15,17,19). The van der Waals surface area contributed by atoms with E-state index in [2.05, 4.69) is 15.7 Å². The van der Waals surface area contributed by atoms with Gasteiger partial charge in [-0.15, -0.1) is 0 Å². The van der Waals surface area contributed by atoms with Gasteiger partial charge in [-0.2, -0.15) is 5.10 Å². The summed E-state index contributed by atoms with van der Waals surface area (Å²) in [6.07, 6.45) is 5.98. The Morgan fingerprint density at radius 3 is 2.86 bits per heavy atom. The van der Waals surface area contributed by atoms with Crippen molar-refractivity contribution in [3.8, 4) is 0 Å². The van der Waals surface area contributed by atoms with Gasteiger partial charge in [-0.05, 0) is 24.6 Å². The summed E-state index contributed by atoms with van der Waals surface area (Å²) in [5.74, 6) is 0. The van der Waals surface area contributed by atoms with Gasteiger partial charge in [0.2, 0.25) is 0 Å². The van der Waals surface area contributed by atoms with Crippen molar-refractivity contribution in [3.63, 3.8) is 0 Å². The Morgan fingerprint density at radius 1 is 1.33 bits per heavy atom. The van der Waals surface area contributed by atoms with Crippen LogP contribution in [0.1, 0.15) is 6.42 Å². The molecule has 0 aliphatic heterocycles. The number of carbonyl (C=O) groups excluding carboxylic acids is 1. The Labute approximate surface area is 126 Å². The molecule has 1 heterocycles. The van der Waals surface area contributed by atoms with Crippen LogP contribution in [0.3, 0.4) is 0 Å². The fraction of sp³-hybridized carbons (Fsp3) is 0.286. The van der Waals surface area contributed by atoms with Crippen molar-refractivity contribution in [3.05, 3.63) is 42.7 Å². The third-order valence-corrected chi connectivity index (χ3v) is 3.83. The van der Waals surface area contributed by atoms with Crippen molar-refractivity contribution in [2.24, 2.45) is 0 Å². The smallest absolute Gasteiger partial charge is 0.319 e. The molecule has 0 radical (unpaired) electrons. The summed E-state index contributed by atoms with van der Waals surface area (Å²) in [5, 5.41) is 9.58. The van der Waals surface area contributed by atoms with Gasteiger partial charge in [-0.1, -0.05) is 12.1 Å². The SMILES string of the molecule is CS(=O)c1ccccc1NC(=O)NCCCn1cccn1. The summed E-state index contributed by atoms with van der Waals surface area (Å²) in [5.41, 5.74) is 0.572. The molecule has 0 saturated heterocycles. The largest absolute Gasteiger partial charge is 0.338 e. The minimum absolute atomic E-state index is 0.298. The van der Waals surface area contributed by atoms with E-state index in [0.717, 1.165) is 13.0 Å². The first-order chi connectivity index (χ1) is 10.2. The van der Waals surface area contributed by atoms with Crippen LogP contribution < -0.4 is 10.6 Å². The summed E-state index contributed by atoms with van der Waals surface area (Å²) in [6, 6.07) is 8.63. The van der Waals surface area contributed by atoms with Gasteiger partial charge in [0.25, 0.3) is 0 Å². The molecule has 2 rings (SSSR count). The molecule has 0 spiro atoms. The number of rotatable bonds is 6. The maximum absolute atomic E-state index is 11.8. The zero-order valence-corrected chi connectivity index (χ0v) is 12.6. The summed E-state index contributed by atoms with van der Waals surface area (Å²) in [4.78, 5) is 12.4. The van der Waals surface area contributed by atoms with Gasteiger partial charge in [0.1, 0.15) is 0 Å². The highest BCUT2D eigenvalue weighted by Gasteiger charge is 2.08. The minimum Gasteiger partial charge on any atom is -0.338 e. The molecule has 2 amide bonds. The number of amides is 2. The first-order valence-electron chi connectivity index (χ1n) is 6.61. The van der Waals surface area contributed by atoms with E-state index in [-0.39, 0.29) is 6.03 Å². The monoisotopic (exact) mass is 306 g/mol. The van der Waals surface area contributed by atoms with Gasteiger partial charge in [0.05, 0.1) is 21.4 Å². The maximum atomic E-state index is 11.8. The van der Waals surface area contributed by atoms with Gasteiger partial charge < -0.3 is 10.6 Å². The van der Waals surface area contributed by atoms with Crippen LogP contribution in [-0.2, 0) is 17.3 Å². The van der Waals surface area contributed by atoms with Crippen LogP contribution in [0, 0.1) is 0 Å². The Hall–Kier alpha value is -2.15. The second-order valence-electron chi connectivity index (χ2n) is 4.45. The predicted octanol–water partition coefficient (Wildman–Crippen LogP) is 1.83. The minimum atomic E-state index is -1.14. The Balaban J connectivity index is 1.78. The van der Waals surface area contributed by atoms with Crippen molar-refractivity contribution < 1.29 is 9.00 Å². The highest BCUT2D eigenvalue weighted by atomic mass is 32.2. The van der Waals surface area contributed by atoms with Gasteiger partial charge in [-0.3, -0.25) is 8.89 Å². The average molecular weight is 306 g/mol. The number of hydrogen-bond donors (Lipinski definition) is 2. The Bertz CT molecular complexity index is 613. The van der Waals surface area contributed by atoms with Crippen LogP contribution in [0.15, 0.2) is 47.6 Å². The van der Waals surface area contributed by atoms with Gasteiger partial charge in [-0.25, -0.2) is 4.79 Å². The summed E-state index contributed by atoms with van der Waals surface area (Å²) in [7, 11) is -1.14. The fourth-order valence-electron chi connectivity index (χ4n) is 1.86. The van der Waals surface area contributed by atoms with Crippen LogP contribution in [0.25, 0.3) is 0 Å². The van der Waals surface area contributed by atoms with Crippen LogP contribution in [0.5, 0.6) is 0 Å². The number of benzene rings is 1. The molecule has 112 valence electrons. The fourth-order valence-corrected chi connectivity index (χ4v) is 2.56. The third-order valence-electron chi connectivity index (χ3n) is 2.85. The molecule has 1 unspecified atom stereocenters. The van der Waals surface area contributed by atoms with Crippen molar-refractivity contribution in [1.29, 1.82) is 0 Å². The third kappa shape index (κ3) is 4.71.